The van der Waals surface area contributed by atoms with Crippen molar-refractivity contribution in [1.82, 2.24) is 14.7 Å². The molecule has 4 heteroatoms. The van der Waals surface area contributed by atoms with Gasteiger partial charge in [0.05, 0.1) is 12.6 Å². The number of benzene rings is 1. The fourth-order valence-corrected chi connectivity index (χ4v) is 3.39. The van der Waals surface area contributed by atoms with Crippen LogP contribution in [0, 0.1) is 0 Å². The van der Waals surface area contributed by atoms with Crippen LogP contribution in [-0.2, 0) is 13.0 Å². The van der Waals surface area contributed by atoms with Crippen molar-refractivity contribution >= 4 is 0 Å². The van der Waals surface area contributed by atoms with Gasteiger partial charge in [-0.2, -0.15) is 5.10 Å². The molecule has 1 aromatic carbocycles. The van der Waals surface area contributed by atoms with Crippen LogP contribution in [0.15, 0.2) is 48.8 Å². The van der Waals surface area contributed by atoms with Crippen molar-refractivity contribution < 1.29 is 5.11 Å². The topological polar surface area (TPSA) is 41.3 Å². The van der Waals surface area contributed by atoms with E-state index in [1.807, 2.05) is 12.3 Å². The molecule has 4 nitrogen and oxygen atoms in total. The first-order valence-electron chi connectivity index (χ1n) is 8.25. The molecule has 0 saturated carbocycles. The lowest BCUT2D eigenvalue weighted by molar-refractivity contribution is 0.0874. The summed E-state index contributed by atoms with van der Waals surface area (Å²) < 4.78 is 1.81. The molecule has 1 fully saturated rings. The van der Waals surface area contributed by atoms with Crippen molar-refractivity contribution in [3.05, 3.63) is 54.4 Å². The molecule has 2 aromatic rings. The van der Waals surface area contributed by atoms with E-state index < -0.39 is 0 Å². The van der Waals surface area contributed by atoms with Gasteiger partial charge in [0, 0.05) is 25.0 Å². The molecule has 3 rings (SSSR count). The van der Waals surface area contributed by atoms with E-state index in [1.54, 1.807) is 10.9 Å². The van der Waals surface area contributed by atoms with Crippen molar-refractivity contribution in [2.45, 2.75) is 44.4 Å². The molecule has 0 amide bonds. The van der Waals surface area contributed by atoms with Gasteiger partial charge in [-0.1, -0.05) is 30.3 Å². The molecule has 0 spiro atoms. The average Bonchev–Trinajstić information content (AvgIpc) is 3.18. The lowest BCUT2D eigenvalue weighted by atomic mass is 10.0. The van der Waals surface area contributed by atoms with Gasteiger partial charge in [-0.25, -0.2) is 0 Å². The molecule has 0 radical (unpaired) electrons. The average molecular weight is 299 g/mol. The fraction of sp³-hybridized carbons (Fsp3) is 0.500. The maximum atomic E-state index is 10.3. The number of aryl methyl sites for hydroxylation is 1. The molecule has 0 aliphatic carbocycles. The van der Waals surface area contributed by atoms with Gasteiger partial charge in [-0.15, -0.1) is 0 Å². The van der Waals surface area contributed by atoms with Crippen LogP contribution in [0.2, 0.25) is 0 Å². The normalized spacial score (nSPS) is 20.3. The Balaban J connectivity index is 1.47. The van der Waals surface area contributed by atoms with E-state index in [1.165, 1.54) is 24.8 Å². The Labute approximate surface area is 132 Å². The third kappa shape index (κ3) is 4.18. The first-order valence-corrected chi connectivity index (χ1v) is 8.25. The molecular formula is C18H25N3O. The van der Waals surface area contributed by atoms with Crippen molar-refractivity contribution in [1.29, 1.82) is 0 Å². The van der Waals surface area contributed by atoms with Crippen LogP contribution >= 0.6 is 0 Å². The van der Waals surface area contributed by atoms with Gasteiger partial charge >= 0.3 is 0 Å². The van der Waals surface area contributed by atoms with Crippen LogP contribution < -0.4 is 0 Å². The zero-order chi connectivity index (χ0) is 15.2. The molecule has 1 aliphatic rings. The summed E-state index contributed by atoms with van der Waals surface area (Å²) >= 11 is 0. The van der Waals surface area contributed by atoms with E-state index >= 15 is 0 Å². The van der Waals surface area contributed by atoms with E-state index in [0.29, 0.717) is 12.6 Å². The first-order chi connectivity index (χ1) is 10.8. The first kappa shape index (κ1) is 15.3. The highest BCUT2D eigenvalue weighted by atomic mass is 16.3. The molecule has 1 N–H and O–H groups in total. The molecule has 118 valence electrons. The van der Waals surface area contributed by atoms with Gasteiger partial charge in [0.2, 0.25) is 0 Å². The Morgan fingerprint density at radius 1 is 1.18 bits per heavy atom. The third-order valence-electron chi connectivity index (χ3n) is 4.51. The molecule has 22 heavy (non-hydrogen) atoms. The minimum Gasteiger partial charge on any atom is -0.390 e. The second-order valence-electron chi connectivity index (χ2n) is 6.20. The standard InChI is InChI=1S/C18H25N3O/c22-18(15-21-13-5-11-19-21)14-20-12-4-8-17(20)10-9-16-6-2-1-3-7-16/h1-3,5-7,11,13,17-18,22H,4,8-10,12,14-15H2/t17-,18+/m1/s1. The second kappa shape index (κ2) is 7.56. The summed E-state index contributed by atoms with van der Waals surface area (Å²) in [5.74, 6) is 0. The lowest BCUT2D eigenvalue weighted by Gasteiger charge is -2.27. The molecule has 2 atom stereocenters. The number of aliphatic hydroxyl groups excluding tert-OH is 1. The minimum atomic E-state index is -0.350. The summed E-state index contributed by atoms with van der Waals surface area (Å²) in [4.78, 5) is 2.46. The summed E-state index contributed by atoms with van der Waals surface area (Å²) in [5, 5.41) is 14.4. The summed E-state index contributed by atoms with van der Waals surface area (Å²) in [6.45, 7) is 2.43. The largest absolute Gasteiger partial charge is 0.390 e. The Bertz CT molecular complexity index is 541. The Morgan fingerprint density at radius 2 is 2.05 bits per heavy atom. The second-order valence-corrected chi connectivity index (χ2v) is 6.20. The number of hydrogen-bond acceptors (Lipinski definition) is 3. The maximum Gasteiger partial charge on any atom is 0.0862 e. The molecule has 1 aromatic heterocycles. The lowest BCUT2D eigenvalue weighted by Crippen LogP contribution is -2.38. The number of rotatable bonds is 7. The Morgan fingerprint density at radius 3 is 2.82 bits per heavy atom. The van der Waals surface area contributed by atoms with Crippen LogP contribution in [0.5, 0.6) is 0 Å². The van der Waals surface area contributed by atoms with E-state index in [4.69, 9.17) is 0 Å². The third-order valence-corrected chi connectivity index (χ3v) is 4.51. The zero-order valence-corrected chi connectivity index (χ0v) is 13.0. The van der Waals surface area contributed by atoms with E-state index in [9.17, 15) is 5.11 Å². The summed E-state index contributed by atoms with van der Waals surface area (Å²) in [5.41, 5.74) is 1.41. The minimum absolute atomic E-state index is 0.350. The van der Waals surface area contributed by atoms with Gasteiger partial charge in [0.25, 0.3) is 0 Å². The molecule has 2 heterocycles. The van der Waals surface area contributed by atoms with Crippen LogP contribution in [0.3, 0.4) is 0 Å². The number of β-amino-alcohol motifs (C(OH)–C–C–N with tert-alkyl or cyclic N) is 1. The predicted molar refractivity (Wildman–Crippen MR) is 87.6 cm³/mol. The van der Waals surface area contributed by atoms with Crippen molar-refractivity contribution in [3.63, 3.8) is 0 Å². The van der Waals surface area contributed by atoms with E-state index in [0.717, 1.165) is 19.5 Å². The van der Waals surface area contributed by atoms with Crippen LogP contribution in [0.4, 0.5) is 0 Å². The number of nitrogens with zero attached hydrogens (tertiary/aromatic N) is 3. The molecule has 1 aliphatic heterocycles. The van der Waals surface area contributed by atoms with Gasteiger partial charge < -0.3 is 5.11 Å². The van der Waals surface area contributed by atoms with E-state index in [-0.39, 0.29) is 6.10 Å². The van der Waals surface area contributed by atoms with Gasteiger partial charge in [-0.3, -0.25) is 9.58 Å². The zero-order valence-electron chi connectivity index (χ0n) is 13.0. The Hall–Kier alpha value is -1.65. The van der Waals surface area contributed by atoms with Gasteiger partial charge in [0.1, 0.15) is 0 Å². The maximum absolute atomic E-state index is 10.3. The van der Waals surface area contributed by atoms with Crippen LogP contribution in [0.25, 0.3) is 0 Å². The SMILES string of the molecule is O[C@@H](CN1CCC[C@@H]1CCc1ccccc1)Cn1cccn1. The van der Waals surface area contributed by atoms with Crippen molar-refractivity contribution in [2.75, 3.05) is 13.1 Å². The predicted octanol–water partition coefficient (Wildman–Crippen LogP) is 2.34. The van der Waals surface area contributed by atoms with Crippen molar-refractivity contribution in [2.24, 2.45) is 0 Å². The smallest absolute Gasteiger partial charge is 0.0862 e. The van der Waals surface area contributed by atoms with E-state index in [2.05, 4.69) is 40.3 Å². The van der Waals surface area contributed by atoms with Crippen LogP contribution in [0.1, 0.15) is 24.8 Å². The highest BCUT2D eigenvalue weighted by molar-refractivity contribution is 5.14. The highest BCUT2D eigenvalue weighted by Crippen LogP contribution is 2.22. The molecular weight excluding hydrogens is 274 g/mol. The number of hydrogen-bond donors (Lipinski definition) is 1. The van der Waals surface area contributed by atoms with Gasteiger partial charge in [-0.05, 0) is 43.9 Å². The monoisotopic (exact) mass is 299 g/mol. The Kier molecular flexibility index (Phi) is 5.24. The summed E-state index contributed by atoms with van der Waals surface area (Å²) in [7, 11) is 0. The molecule has 0 bridgehead atoms. The molecule has 0 unspecified atom stereocenters. The number of aliphatic hydroxyl groups is 1. The quantitative estimate of drug-likeness (QED) is 0.853. The number of aromatic nitrogens is 2. The number of likely N-dealkylation sites (tertiary alicyclic amines) is 1. The summed E-state index contributed by atoms with van der Waals surface area (Å²) in [6.07, 6.45) is 8.10. The summed E-state index contributed by atoms with van der Waals surface area (Å²) in [6, 6.07) is 13.2. The molecule has 1 saturated heterocycles. The fourth-order valence-electron chi connectivity index (χ4n) is 3.39. The van der Waals surface area contributed by atoms with Crippen LogP contribution in [-0.4, -0.2) is 45.0 Å². The van der Waals surface area contributed by atoms with Gasteiger partial charge in [0.15, 0.2) is 0 Å². The van der Waals surface area contributed by atoms with Crippen molar-refractivity contribution in [3.8, 4) is 0 Å². The highest BCUT2D eigenvalue weighted by Gasteiger charge is 2.26.